The van der Waals surface area contributed by atoms with E-state index < -0.39 is 0 Å². The molecular weight excluding hydrogens is 280 g/mol. The number of nitrogens with one attached hydrogen (secondary N) is 1. The van der Waals surface area contributed by atoms with Gasteiger partial charge in [-0.3, -0.25) is 4.79 Å². The molecule has 1 unspecified atom stereocenters. The summed E-state index contributed by atoms with van der Waals surface area (Å²) in [7, 11) is 0. The van der Waals surface area contributed by atoms with Gasteiger partial charge in [0.2, 0.25) is 0 Å². The van der Waals surface area contributed by atoms with Crippen LogP contribution < -0.4 is 15.8 Å². The van der Waals surface area contributed by atoms with Crippen molar-refractivity contribution >= 4 is 5.91 Å². The Hall–Kier alpha value is -1.59. The summed E-state index contributed by atoms with van der Waals surface area (Å²) in [5.74, 6) is 1.32. The highest BCUT2D eigenvalue weighted by Gasteiger charge is 2.28. The average Bonchev–Trinajstić information content (AvgIpc) is 3.39. The lowest BCUT2D eigenvalue weighted by Gasteiger charge is -2.23. The maximum atomic E-state index is 12.1. The van der Waals surface area contributed by atoms with E-state index in [1.54, 1.807) is 12.1 Å². The van der Waals surface area contributed by atoms with Crippen LogP contribution in [0, 0.1) is 5.92 Å². The first-order valence-electron chi connectivity index (χ1n) is 8.10. The molecule has 1 heterocycles. The molecule has 0 spiro atoms. The van der Waals surface area contributed by atoms with Gasteiger partial charge in [-0.1, -0.05) is 0 Å². The number of nitrogens with two attached hydrogens (primary N) is 1. The molecule has 1 aliphatic carbocycles. The van der Waals surface area contributed by atoms with E-state index >= 15 is 0 Å². The molecular formula is C17H24N2O3. The summed E-state index contributed by atoms with van der Waals surface area (Å²) in [6.45, 7) is 2.06. The minimum atomic E-state index is -0.0753. The Morgan fingerprint density at radius 1 is 1.23 bits per heavy atom. The van der Waals surface area contributed by atoms with Crippen molar-refractivity contribution in [3.8, 4) is 5.75 Å². The molecule has 0 radical (unpaired) electrons. The smallest absolute Gasteiger partial charge is 0.251 e. The number of hydrogen-bond acceptors (Lipinski definition) is 4. The lowest BCUT2D eigenvalue weighted by atomic mass is 10.1. The van der Waals surface area contributed by atoms with Crippen molar-refractivity contribution in [1.82, 2.24) is 5.32 Å². The van der Waals surface area contributed by atoms with Crippen molar-refractivity contribution in [2.75, 3.05) is 19.8 Å². The van der Waals surface area contributed by atoms with Gasteiger partial charge in [-0.05, 0) is 43.0 Å². The highest BCUT2D eigenvalue weighted by Crippen LogP contribution is 2.31. The predicted octanol–water partition coefficient (Wildman–Crippen LogP) is 1.71. The highest BCUT2D eigenvalue weighted by molar-refractivity contribution is 5.94. The van der Waals surface area contributed by atoms with Crippen LogP contribution in [0.1, 0.15) is 36.0 Å². The van der Waals surface area contributed by atoms with E-state index in [0.29, 0.717) is 18.0 Å². The third kappa shape index (κ3) is 4.21. The molecule has 1 saturated heterocycles. The summed E-state index contributed by atoms with van der Waals surface area (Å²) in [5.41, 5.74) is 6.63. The summed E-state index contributed by atoms with van der Waals surface area (Å²) in [5, 5.41) is 2.90. The Morgan fingerprint density at radius 3 is 2.55 bits per heavy atom. The van der Waals surface area contributed by atoms with Gasteiger partial charge in [-0.15, -0.1) is 0 Å². The topological polar surface area (TPSA) is 73.6 Å². The number of hydrogen-bond donors (Lipinski definition) is 2. The Morgan fingerprint density at radius 2 is 1.91 bits per heavy atom. The van der Waals surface area contributed by atoms with Gasteiger partial charge in [0.15, 0.2) is 0 Å². The summed E-state index contributed by atoms with van der Waals surface area (Å²) in [6, 6.07) is 7.38. The summed E-state index contributed by atoms with van der Waals surface area (Å²) in [6.07, 6.45) is 4.43. The minimum Gasteiger partial charge on any atom is -0.490 e. The second-order valence-electron chi connectivity index (χ2n) is 6.17. The van der Waals surface area contributed by atoms with Crippen molar-refractivity contribution in [3.05, 3.63) is 29.8 Å². The van der Waals surface area contributed by atoms with E-state index in [4.69, 9.17) is 15.2 Å². The Balaban J connectivity index is 1.48. The van der Waals surface area contributed by atoms with E-state index in [9.17, 15) is 4.79 Å². The van der Waals surface area contributed by atoms with Crippen LogP contribution in [0.4, 0.5) is 0 Å². The zero-order valence-electron chi connectivity index (χ0n) is 12.8. The lowest BCUT2D eigenvalue weighted by Crippen LogP contribution is -2.38. The minimum absolute atomic E-state index is 0.0753. The second kappa shape index (κ2) is 7.11. The number of ether oxygens (including phenoxy) is 2. The summed E-state index contributed by atoms with van der Waals surface area (Å²) in [4.78, 5) is 12.1. The van der Waals surface area contributed by atoms with Crippen LogP contribution in [-0.2, 0) is 4.74 Å². The maximum absolute atomic E-state index is 12.1. The molecule has 2 aliphatic rings. The first kappa shape index (κ1) is 15.3. The molecule has 1 amide bonds. The first-order chi connectivity index (χ1) is 10.7. The van der Waals surface area contributed by atoms with Crippen LogP contribution in [0.2, 0.25) is 0 Å². The highest BCUT2D eigenvalue weighted by atomic mass is 16.5. The van der Waals surface area contributed by atoms with Gasteiger partial charge in [0, 0.05) is 31.0 Å². The van der Waals surface area contributed by atoms with Crippen LogP contribution in [0.15, 0.2) is 24.3 Å². The fraction of sp³-hybridized carbons (Fsp3) is 0.588. The molecule has 2 fully saturated rings. The standard InChI is InChI=1S/C17H24N2O3/c18-16(12-1-2-12)11-19-17(20)13-3-5-14(6-4-13)22-15-7-9-21-10-8-15/h3-6,12,15-16H,1-2,7-11,18H2,(H,19,20). The van der Waals surface area contributed by atoms with Crippen LogP contribution in [-0.4, -0.2) is 37.8 Å². The van der Waals surface area contributed by atoms with Crippen molar-refractivity contribution in [3.63, 3.8) is 0 Å². The molecule has 0 aromatic heterocycles. The van der Waals surface area contributed by atoms with Crippen LogP contribution in [0.3, 0.4) is 0 Å². The molecule has 120 valence electrons. The zero-order chi connectivity index (χ0) is 15.4. The van der Waals surface area contributed by atoms with Gasteiger partial charge in [-0.2, -0.15) is 0 Å². The Kier molecular flexibility index (Phi) is 4.95. The van der Waals surface area contributed by atoms with Crippen LogP contribution in [0.5, 0.6) is 5.75 Å². The first-order valence-corrected chi connectivity index (χ1v) is 8.10. The Bertz CT molecular complexity index is 493. The summed E-state index contributed by atoms with van der Waals surface area (Å²) >= 11 is 0. The van der Waals surface area contributed by atoms with Crippen molar-refractivity contribution in [2.24, 2.45) is 11.7 Å². The third-order valence-corrected chi connectivity index (χ3v) is 4.31. The molecule has 1 aromatic rings. The van der Waals surface area contributed by atoms with Crippen molar-refractivity contribution in [1.29, 1.82) is 0 Å². The molecule has 1 aliphatic heterocycles. The van der Waals surface area contributed by atoms with Gasteiger partial charge in [-0.25, -0.2) is 0 Å². The maximum Gasteiger partial charge on any atom is 0.251 e. The fourth-order valence-electron chi connectivity index (χ4n) is 2.67. The van der Waals surface area contributed by atoms with Gasteiger partial charge in [0.1, 0.15) is 11.9 Å². The van der Waals surface area contributed by atoms with E-state index in [1.165, 1.54) is 12.8 Å². The van der Waals surface area contributed by atoms with Gasteiger partial charge < -0.3 is 20.5 Å². The normalized spacial score (nSPS) is 20.4. The second-order valence-corrected chi connectivity index (χ2v) is 6.17. The molecule has 0 bridgehead atoms. The number of carbonyl (C=O) groups excluding carboxylic acids is 1. The van der Waals surface area contributed by atoms with Gasteiger partial charge in [0.25, 0.3) is 5.91 Å². The van der Waals surface area contributed by atoms with E-state index in [1.807, 2.05) is 12.1 Å². The van der Waals surface area contributed by atoms with Crippen molar-refractivity contribution in [2.45, 2.75) is 37.8 Å². The molecule has 5 nitrogen and oxygen atoms in total. The van der Waals surface area contributed by atoms with E-state index in [-0.39, 0.29) is 18.1 Å². The monoisotopic (exact) mass is 304 g/mol. The SMILES string of the molecule is NC(CNC(=O)c1ccc(OC2CCOCC2)cc1)C1CC1. The molecule has 22 heavy (non-hydrogen) atoms. The summed E-state index contributed by atoms with van der Waals surface area (Å²) < 4.78 is 11.2. The van der Waals surface area contributed by atoms with Crippen LogP contribution >= 0.6 is 0 Å². The van der Waals surface area contributed by atoms with Crippen LogP contribution in [0.25, 0.3) is 0 Å². The largest absolute Gasteiger partial charge is 0.490 e. The lowest BCUT2D eigenvalue weighted by molar-refractivity contribution is 0.0256. The average molecular weight is 304 g/mol. The molecule has 3 rings (SSSR count). The number of carbonyl (C=O) groups is 1. The van der Waals surface area contributed by atoms with Gasteiger partial charge in [0.05, 0.1) is 13.2 Å². The molecule has 1 saturated carbocycles. The molecule has 1 aromatic carbocycles. The number of benzene rings is 1. The van der Waals surface area contributed by atoms with Gasteiger partial charge >= 0.3 is 0 Å². The molecule has 3 N–H and O–H groups in total. The Labute approximate surface area is 131 Å². The number of rotatable bonds is 6. The quantitative estimate of drug-likeness (QED) is 0.839. The van der Waals surface area contributed by atoms with Crippen molar-refractivity contribution < 1.29 is 14.3 Å². The van der Waals surface area contributed by atoms with E-state index in [2.05, 4.69) is 5.32 Å². The zero-order valence-corrected chi connectivity index (χ0v) is 12.8. The number of amides is 1. The predicted molar refractivity (Wildman–Crippen MR) is 83.9 cm³/mol. The molecule has 1 atom stereocenters. The van der Waals surface area contributed by atoms with E-state index in [0.717, 1.165) is 31.8 Å². The fourth-order valence-corrected chi connectivity index (χ4v) is 2.67. The molecule has 5 heteroatoms. The third-order valence-electron chi connectivity index (χ3n) is 4.31.